The molecule has 0 radical (unpaired) electrons. The first-order valence-corrected chi connectivity index (χ1v) is 12.7. The number of carbonyl (C=O) groups excluding carboxylic acids is 1. The largest absolute Gasteiger partial charge is 0.493 e. The molecule has 0 aliphatic heterocycles. The molecule has 6 heteroatoms. The maximum Gasteiger partial charge on any atom is 0.248 e. The highest BCUT2D eigenvalue weighted by atomic mass is 32.1. The summed E-state index contributed by atoms with van der Waals surface area (Å²) < 4.78 is 12.6. The Morgan fingerprint density at radius 1 is 0.946 bits per heavy atom. The predicted octanol–water partition coefficient (Wildman–Crippen LogP) is 7.51. The Labute approximate surface area is 220 Å². The molecule has 37 heavy (non-hydrogen) atoms. The molecule has 4 aromatic carbocycles. The van der Waals surface area contributed by atoms with Crippen LogP contribution in [0.15, 0.2) is 97.1 Å². The van der Waals surface area contributed by atoms with Crippen LogP contribution in [0.5, 0.6) is 11.5 Å². The molecule has 1 N–H and O–H groups in total. The van der Waals surface area contributed by atoms with Gasteiger partial charge >= 0.3 is 0 Å². The Morgan fingerprint density at radius 3 is 2.54 bits per heavy atom. The Morgan fingerprint density at radius 2 is 1.76 bits per heavy atom. The van der Waals surface area contributed by atoms with Crippen molar-refractivity contribution in [3.63, 3.8) is 0 Å². The van der Waals surface area contributed by atoms with Gasteiger partial charge in [-0.1, -0.05) is 42.5 Å². The Balaban J connectivity index is 1.20. The van der Waals surface area contributed by atoms with E-state index < -0.39 is 0 Å². The number of nitrogens with one attached hydrogen (secondary N) is 1. The fourth-order valence-corrected chi connectivity index (χ4v) is 4.92. The minimum atomic E-state index is -0.216. The Bertz CT molecular complexity index is 1560. The normalized spacial score (nSPS) is 11.1. The second-order valence-electron chi connectivity index (χ2n) is 8.57. The molecule has 0 spiro atoms. The first kappa shape index (κ1) is 24.3. The van der Waals surface area contributed by atoms with E-state index in [2.05, 4.69) is 24.4 Å². The fourth-order valence-electron chi connectivity index (χ4n) is 3.85. The third-order valence-electron chi connectivity index (χ3n) is 5.80. The van der Waals surface area contributed by atoms with Gasteiger partial charge in [0, 0.05) is 17.3 Å². The van der Waals surface area contributed by atoms with Crippen LogP contribution in [0, 0.1) is 6.92 Å². The third kappa shape index (κ3) is 6.05. The summed E-state index contributed by atoms with van der Waals surface area (Å²) >= 11 is 1.67. The molecule has 1 aromatic heterocycles. The number of anilines is 1. The summed E-state index contributed by atoms with van der Waals surface area (Å²) in [4.78, 5) is 17.2. The van der Waals surface area contributed by atoms with Gasteiger partial charge in [-0.15, -0.1) is 11.3 Å². The number of ether oxygens (including phenoxy) is 2. The molecular formula is C31H26N2O3S. The van der Waals surface area contributed by atoms with Crippen molar-refractivity contribution in [1.29, 1.82) is 0 Å². The SMILES string of the molecule is COc1cc(C=CC(=O)Nc2ccc(-c3nc4ccc(C)cc4s3)cc2)ccc1OCc1ccccc1. The second kappa shape index (κ2) is 11.1. The molecule has 5 aromatic rings. The van der Waals surface area contributed by atoms with E-state index in [-0.39, 0.29) is 5.91 Å². The predicted molar refractivity (Wildman–Crippen MR) is 151 cm³/mol. The van der Waals surface area contributed by atoms with Gasteiger partial charge in [0.2, 0.25) is 5.91 Å². The summed E-state index contributed by atoms with van der Waals surface area (Å²) in [6, 6.07) is 29.5. The topological polar surface area (TPSA) is 60.5 Å². The Kier molecular flexibility index (Phi) is 7.28. The number of hydrogen-bond acceptors (Lipinski definition) is 5. The van der Waals surface area contributed by atoms with Gasteiger partial charge in [-0.05, 0) is 78.2 Å². The van der Waals surface area contributed by atoms with E-state index in [0.29, 0.717) is 18.1 Å². The number of carbonyl (C=O) groups is 1. The van der Waals surface area contributed by atoms with Crippen molar-refractivity contribution in [3.8, 4) is 22.1 Å². The summed E-state index contributed by atoms with van der Waals surface area (Å²) in [6.07, 6.45) is 3.25. The number of hydrogen-bond donors (Lipinski definition) is 1. The molecule has 0 saturated heterocycles. The highest BCUT2D eigenvalue weighted by Crippen LogP contribution is 2.32. The first-order valence-electron chi connectivity index (χ1n) is 11.9. The van der Waals surface area contributed by atoms with Crippen molar-refractivity contribution in [2.75, 3.05) is 12.4 Å². The lowest BCUT2D eigenvalue weighted by molar-refractivity contribution is -0.111. The number of thiazole rings is 1. The van der Waals surface area contributed by atoms with Crippen molar-refractivity contribution in [2.45, 2.75) is 13.5 Å². The van der Waals surface area contributed by atoms with Crippen molar-refractivity contribution < 1.29 is 14.3 Å². The highest BCUT2D eigenvalue weighted by Gasteiger charge is 2.08. The molecule has 0 atom stereocenters. The summed E-state index contributed by atoms with van der Waals surface area (Å²) in [6.45, 7) is 2.53. The van der Waals surface area contributed by atoms with Gasteiger partial charge in [-0.3, -0.25) is 4.79 Å². The van der Waals surface area contributed by atoms with Crippen LogP contribution in [0.1, 0.15) is 16.7 Å². The van der Waals surface area contributed by atoms with Crippen LogP contribution in [0.2, 0.25) is 0 Å². The standard InChI is InChI=1S/C31H26N2O3S/c1-21-8-15-26-29(18-21)37-31(33-26)24-11-13-25(14-12-24)32-30(34)17-10-22-9-16-27(28(19-22)35-2)36-20-23-6-4-3-5-7-23/h3-19H,20H2,1-2H3,(H,32,34). The molecule has 0 fully saturated rings. The van der Waals surface area contributed by atoms with Gasteiger partial charge < -0.3 is 14.8 Å². The molecule has 0 bridgehead atoms. The lowest BCUT2D eigenvalue weighted by Crippen LogP contribution is -2.07. The minimum absolute atomic E-state index is 0.216. The molecular weight excluding hydrogens is 480 g/mol. The zero-order valence-electron chi connectivity index (χ0n) is 20.6. The molecule has 0 aliphatic carbocycles. The molecule has 1 amide bonds. The molecule has 1 heterocycles. The summed E-state index contributed by atoms with van der Waals surface area (Å²) in [5.41, 5.74) is 5.88. The number of rotatable bonds is 8. The van der Waals surface area contributed by atoms with Crippen LogP contribution in [-0.4, -0.2) is 18.0 Å². The van der Waals surface area contributed by atoms with Crippen molar-refractivity contribution in [1.82, 2.24) is 4.98 Å². The number of fused-ring (bicyclic) bond motifs is 1. The maximum atomic E-state index is 12.5. The zero-order valence-corrected chi connectivity index (χ0v) is 21.4. The van der Waals surface area contributed by atoms with Crippen LogP contribution in [-0.2, 0) is 11.4 Å². The number of aromatic nitrogens is 1. The van der Waals surface area contributed by atoms with E-state index in [1.807, 2.05) is 78.9 Å². The van der Waals surface area contributed by atoms with Gasteiger partial charge in [-0.25, -0.2) is 4.98 Å². The van der Waals surface area contributed by atoms with E-state index in [1.54, 1.807) is 24.5 Å². The fraction of sp³-hybridized carbons (Fsp3) is 0.0968. The van der Waals surface area contributed by atoms with E-state index in [4.69, 9.17) is 14.5 Å². The quantitative estimate of drug-likeness (QED) is 0.221. The molecule has 0 aliphatic rings. The van der Waals surface area contributed by atoms with Gasteiger partial charge in [0.25, 0.3) is 0 Å². The van der Waals surface area contributed by atoms with Gasteiger partial charge in [-0.2, -0.15) is 0 Å². The zero-order chi connectivity index (χ0) is 25.6. The van der Waals surface area contributed by atoms with E-state index in [0.717, 1.165) is 32.9 Å². The summed E-state index contributed by atoms with van der Waals surface area (Å²) in [5.74, 6) is 1.04. The lowest BCUT2D eigenvalue weighted by Gasteiger charge is -2.11. The Hall–Kier alpha value is -4.42. The third-order valence-corrected chi connectivity index (χ3v) is 6.86. The van der Waals surface area contributed by atoms with E-state index in [9.17, 15) is 4.79 Å². The first-order chi connectivity index (χ1) is 18.1. The molecule has 0 saturated carbocycles. The number of amides is 1. The van der Waals surface area contributed by atoms with E-state index in [1.165, 1.54) is 16.3 Å². The lowest BCUT2D eigenvalue weighted by atomic mass is 10.1. The van der Waals surface area contributed by atoms with Gasteiger partial charge in [0.05, 0.1) is 17.3 Å². The van der Waals surface area contributed by atoms with Crippen LogP contribution >= 0.6 is 11.3 Å². The monoisotopic (exact) mass is 506 g/mol. The number of benzene rings is 4. The van der Waals surface area contributed by atoms with Crippen LogP contribution in [0.4, 0.5) is 5.69 Å². The van der Waals surface area contributed by atoms with Crippen molar-refractivity contribution in [2.24, 2.45) is 0 Å². The van der Waals surface area contributed by atoms with Crippen LogP contribution < -0.4 is 14.8 Å². The van der Waals surface area contributed by atoms with Gasteiger partial charge in [0.15, 0.2) is 11.5 Å². The van der Waals surface area contributed by atoms with Crippen LogP contribution in [0.3, 0.4) is 0 Å². The summed E-state index contributed by atoms with van der Waals surface area (Å²) in [5, 5.41) is 3.87. The second-order valence-corrected chi connectivity index (χ2v) is 9.61. The molecule has 5 nitrogen and oxygen atoms in total. The van der Waals surface area contributed by atoms with E-state index >= 15 is 0 Å². The average Bonchev–Trinajstić information content (AvgIpc) is 3.35. The molecule has 5 rings (SSSR count). The molecule has 184 valence electrons. The number of methoxy groups -OCH3 is 1. The number of aryl methyl sites for hydroxylation is 1. The molecule has 0 unspecified atom stereocenters. The summed E-state index contributed by atoms with van der Waals surface area (Å²) in [7, 11) is 1.60. The minimum Gasteiger partial charge on any atom is -0.493 e. The highest BCUT2D eigenvalue weighted by molar-refractivity contribution is 7.21. The number of nitrogens with zero attached hydrogens (tertiary/aromatic N) is 1. The maximum absolute atomic E-state index is 12.5. The van der Waals surface area contributed by atoms with Crippen LogP contribution in [0.25, 0.3) is 26.9 Å². The van der Waals surface area contributed by atoms with Crippen molar-refractivity contribution >= 4 is 39.2 Å². The van der Waals surface area contributed by atoms with Gasteiger partial charge in [0.1, 0.15) is 11.6 Å². The average molecular weight is 507 g/mol. The smallest absolute Gasteiger partial charge is 0.248 e. The van der Waals surface area contributed by atoms with Crippen molar-refractivity contribution in [3.05, 3.63) is 114 Å².